The first kappa shape index (κ1) is 8.55. The highest BCUT2D eigenvalue weighted by Gasteiger charge is 2.20. The second kappa shape index (κ2) is 3.78. The molecule has 1 fully saturated rings. The fraction of sp³-hybridized carbons (Fsp3) is 0.500. The minimum Gasteiger partial charge on any atom is -0.329 e. The van der Waals surface area contributed by atoms with Gasteiger partial charge in [-0.05, 0) is 18.6 Å². The quantitative estimate of drug-likeness (QED) is 0.641. The first-order valence-corrected chi connectivity index (χ1v) is 3.97. The molecule has 5 nitrogen and oxygen atoms in total. The molecule has 1 saturated heterocycles. The van der Waals surface area contributed by atoms with Crippen molar-refractivity contribution in [1.82, 2.24) is 10.2 Å². The average molecular weight is 182 g/mol. The van der Waals surface area contributed by atoms with Gasteiger partial charge in [-0.3, -0.25) is 0 Å². The summed E-state index contributed by atoms with van der Waals surface area (Å²) in [4.78, 5) is 0. The highest BCUT2D eigenvalue weighted by atomic mass is 16.8. The number of rotatable bonds is 1. The van der Waals surface area contributed by atoms with Gasteiger partial charge < -0.3 is 14.2 Å². The van der Waals surface area contributed by atoms with Crippen LogP contribution in [0.3, 0.4) is 0 Å². The zero-order chi connectivity index (χ0) is 9.10. The molecule has 0 aromatic carbocycles. The molecule has 2 heterocycles. The molecule has 1 aromatic heterocycles. The first-order valence-electron chi connectivity index (χ1n) is 3.97. The van der Waals surface area contributed by atoms with Gasteiger partial charge in [-0.25, -0.2) is 0 Å². The molecule has 0 bridgehead atoms. The highest BCUT2D eigenvalue weighted by molar-refractivity contribution is 5.16. The minimum atomic E-state index is -0.442. The van der Waals surface area contributed by atoms with E-state index in [0.29, 0.717) is 5.69 Å². The predicted octanol–water partition coefficient (Wildman–Crippen LogP) is 0.762. The maximum atomic E-state index is 5.20. The molecule has 13 heavy (non-hydrogen) atoms. The lowest BCUT2D eigenvalue weighted by Crippen LogP contribution is -2.21. The number of nitrogens with zero attached hydrogens (tertiary/aromatic N) is 2. The molecule has 1 aliphatic heterocycles. The molecule has 2 rings (SSSR count). The molecular weight excluding hydrogens is 172 g/mol. The van der Waals surface area contributed by atoms with Crippen LogP contribution in [0.1, 0.15) is 17.5 Å². The SMILES string of the molecule is Cc1ccnnc1C1OCOCO1. The Hall–Kier alpha value is -1.04. The van der Waals surface area contributed by atoms with Crippen LogP contribution in [0, 0.1) is 6.92 Å². The van der Waals surface area contributed by atoms with E-state index in [1.54, 1.807) is 6.20 Å². The van der Waals surface area contributed by atoms with Crippen LogP contribution < -0.4 is 0 Å². The number of aryl methyl sites for hydroxylation is 1. The van der Waals surface area contributed by atoms with E-state index >= 15 is 0 Å². The van der Waals surface area contributed by atoms with E-state index in [4.69, 9.17) is 14.2 Å². The summed E-state index contributed by atoms with van der Waals surface area (Å²) >= 11 is 0. The van der Waals surface area contributed by atoms with Crippen LogP contribution in [-0.4, -0.2) is 23.8 Å². The van der Waals surface area contributed by atoms with Crippen molar-refractivity contribution >= 4 is 0 Å². The standard InChI is InChI=1S/C8H10N2O3/c1-6-2-3-9-10-7(6)8-12-4-11-5-13-8/h2-3,8H,4-5H2,1H3. The van der Waals surface area contributed by atoms with Crippen molar-refractivity contribution in [3.63, 3.8) is 0 Å². The van der Waals surface area contributed by atoms with Crippen molar-refractivity contribution < 1.29 is 14.2 Å². The molecule has 1 aliphatic rings. The topological polar surface area (TPSA) is 53.5 Å². The van der Waals surface area contributed by atoms with E-state index in [1.807, 2.05) is 13.0 Å². The Bertz CT molecular complexity index is 286. The summed E-state index contributed by atoms with van der Waals surface area (Å²) in [6.07, 6.45) is 1.19. The monoisotopic (exact) mass is 182 g/mol. The van der Waals surface area contributed by atoms with Gasteiger partial charge in [0, 0.05) is 6.20 Å². The van der Waals surface area contributed by atoms with Crippen molar-refractivity contribution in [2.75, 3.05) is 13.6 Å². The van der Waals surface area contributed by atoms with Gasteiger partial charge in [-0.1, -0.05) is 0 Å². The van der Waals surface area contributed by atoms with Gasteiger partial charge in [-0.15, -0.1) is 5.10 Å². The van der Waals surface area contributed by atoms with Crippen molar-refractivity contribution in [2.45, 2.75) is 13.2 Å². The summed E-state index contributed by atoms with van der Waals surface area (Å²) in [7, 11) is 0. The predicted molar refractivity (Wildman–Crippen MR) is 42.5 cm³/mol. The molecule has 0 atom stereocenters. The number of aromatic nitrogens is 2. The molecule has 0 amide bonds. The van der Waals surface area contributed by atoms with E-state index in [2.05, 4.69) is 10.2 Å². The molecule has 0 N–H and O–H groups in total. The van der Waals surface area contributed by atoms with E-state index in [9.17, 15) is 0 Å². The molecule has 0 saturated carbocycles. The average Bonchev–Trinajstić information content (AvgIpc) is 2.20. The zero-order valence-electron chi connectivity index (χ0n) is 7.27. The van der Waals surface area contributed by atoms with E-state index in [1.165, 1.54) is 0 Å². The Morgan fingerprint density at radius 3 is 2.85 bits per heavy atom. The lowest BCUT2D eigenvalue weighted by molar-refractivity contribution is -0.304. The van der Waals surface area contributed by atoms with Gasteiger partial charge in [0.25, 0.3) is 0 Å². The van der Waals surface area contributed by atoms with Crippen LogP contribution in [0.25, 0.3) is 0 Å². The van der Waals surface area contributed by atoms with Gasteiger partial charge in [-0.2, -0.15) is 5.10 Å². The second-order valence-corrected chi connectivity index (χ2v) is 2.70. The Morgan fingerprint density at radius 1 is 1.38 bits per heavy atom. The van der Waals surface area contributed by atoms with Crippen LogP contribution in [0.2, 0.25) is 0 Å². The van der Waals surface area contributed by atoms with Crippen molar-refractivity contribution in [3.05, 3.63) is 23.5 Å². The molecule has 0 unspecified atom stereocenters. The zero-order valence-corrected chi connectivity index (χ0v) is 7.27. The maximum Gasteiger partial charge on any atom is 0.207 e. The van der Waals surface area contributed by atoms with E-state index < -0.39 is 6.29 Å². The summed E-state index contributed by atoms with van der Waals surface area (Å²) < 4.78 is 15.3. The maximum absolute atomic E-state index is 5.20. The van der Waals surface area contributed by atoms with Crippen molar-refractivity contribution in [3.8, 4) is 0 Å². The number of hydrogen-bond donors (Lipinski definition) is 0. The third kappa shape index (κ3) is 1.82. The Labute approximate surface area is 75.6 Å². The highest BCUT2D eigenvalue weighted by Crippen LogP contribution is 2.21. The van der Waals surface area contributed by atoms with Crippen molar-refractivity contribution in [2.24, 2.45) is 0 Å². The Kier molecular flexibility index (Phi) is 2.49. The lowest BCUT2D eigenvalue weighted by atomic mass is 10.2. The molecule has 0 aliphatic carbocycles. The molecule has 0 spiro atoms. The normalized spacial score (nSPS) is 18.8. The third-order valence-corrected chi connectivity index (χ3v) is 1.79. The summed E-state index contributed by atoms with van der Waals surface area (Å²) in [5.41, 5.74) is 1.72. The molecule has 1 aromatic rings. The molecule has 70 valence electrons. The second-order valence-electron chi connectivity index (χ2n) is 2.70. The van der Waals surface area contributed by atoms with Gasteiger partial charge in [0.15, 0.2) is 13.6 Å². The third-order valence-electron chi connectivity index (χ3n) is 1.79. The fourth-order valence-corrected chi connectivity index (χ4v) is 1.10. The van der Waals surface area contributed by atoms with Gasteiger partial charge in [0.2, 0.25) is 6.29 Å². The summed E-state index contributed by atoms with van der Waals surface area (Å²) in [6.45, 7) is 2.41. The number of ether oxygens (including phenoxy) is 3. The van der Waals surface area contributed by atoms with Gasteiger partial charge in [0.1, 0.15) is 5.69 Å². The lowest BCUT2D eigenvalue weighted by Gasteiger charge is -2.22. The Balaban J connectivity index is 2.18. The van der Waals surface area contributed by atoms with Crippen LogP contribution >= 0.6 is 0 Å². The molecular formula is C8H10N2O3. The van der Waals surface area contributed by atoms with Crippen LogP contribution in [-0.2, 0) is 14.2 Å². The van der Waals surface area contributed by atoms with Gasteiger partial charge in [0.05, 0.1) is 0 Å². The summed E-state index contributed by atoms with van der Waals surface area (Å²) in [5.74, 6) is 0. The first-order chi connectivity index (χ1) is 6.38. The summed E-state index contributed by atoms with van der Waals surface area (Å²) in [6, 6.07) is 1.87. The van der Waals surface area contributed by atoms with E-state index in [0.717, 1.165) is 5.56 Å². The minimum absolute atomic E-state index is 0.237. The summed E-state index contributed by atoms with van der Waals surface area (Å²) in [5, 5.41) is 7.72. The van der Waals surface area contributed by atoms with Crippen molar-refractivity contribution in [1.29, 1.82) is 0 Å². The largest absolute Gasteiger partial charge is 0.329 e. The van der Waals surface area contributed by atoms with Crippen LogP contribution in [0.5, 0.6) is 0 Å². The van der Waals surface area contributed by atoms with Crippen LogP contribution in [0.15, 0.2) is 12.3 Å². The molecule has 0 radical (unpaired) electrons. The Morgan fingerprint density at radius 2 is 2.15 bits per heavy atom. The van der Waals surface area contributed by atoms with Crippen LogP contribution in [0.4, 0.5) is 0 Å². The number of hydrogen-bond acceptors (Lipinski definition) is 5. The molecule has 5 heteroatoms. The smallest absolute Gasteiger partial charge is 0.207 e. The van der Waals surface area contributed by atoms with Gasteiger partial charge >= 0.3 is 0 Å². The van der Waals surface area contributed by atoms with E-state index in [-0.39, 0.29) is 13.6 Å². The fourth-order valence-electron chi connectivity index (χ4n) is 1.10.